The van der Waals surface area contributed by atoms with Gasteiger partial charge < -0.3 is 5.32 Å². The van der Waals surface area contributed by atoms with E-state index in [9.17, 15) is 8.42 Å². The maximum Gasteiger partial charge on any atom is 0.282 e. The highest BCUT2D eigenvalue weighted by Crippen LogP contribution is 2.31. The lowest BCUT2D eigenvalue weighted by atomic mass is 10.2. The average Bonchev–Trinajstić information content (AvgIpc) is 2.95. The predicted molar refractivity (Wildman–Crippen MR) is 67.9 cm³/mol. The Hall–Kier alpha value is -0.170. The van der Waals surface area contributed by atoms with Gasteiger partial charge >= 0.3 is 0 Å². The minimum Gasteiger partial charge on any atom is -0.318 e. The van der Waals surface area contributed by atoms with Crippen molar-refractivity contribution in [2.45, 2.75) is 31.7 Å². The molecule has 0 bridgehead atoms. The van der Waals surface area contributed by atoms with Crippen LogP contribution >= 0.6 is 0 Å². The van der Waals surface area contributed by atoms with Gasteiger partial charge in [-0.1, -0.05) is 0 Å². The van der Waals surface area contributed by atoms with Crippen molar-refractivity contribution in [2.24, 2.45) is 5.92 Å². The van der Waals surface area contributed by atoms with E-state index in [1.165, 1.54) is 12.8 Å². The molecule has 1 aliphatic heterocycles. The lowest BCUT2D eigenvalue weighted by molar-refractivity contribution is 0.334. The number of hydrogen-bond donors (Lipinski definition) is 1. The third-order valence-electron chi connectivity index (χ3n) is 3.67. The van der Waals surface area contributed by atoms with Gasteiger partial charge in [0, 0.05) is 32.7 Å². The highest BCUT2D eigenvalue weighted by atomic mass is 32.2. The Morgan fingerprint density at radius 2 is 2.06 bits per heavy atom. The van der Waals surface area contributed by atoms with Gasteiger partial charge in [-0.2, -0.15) is 17.0 Å². The van der Waals surface area contributed by atoms with E-state index in [-0.39, 0.29) is 6.04 Å². The normalized spacial score (nSPS) is 26.9. The van der Waals surface area contributed by atoms with Crippen LogP contribution in [-0.2, 0) is 10.2 Å². The van der Waals surface area contributed by atoms with Crippen molar-refractivity contribution >= 4 is 10.2 Å². The SMILES string of the molecule is CNCC1CCCN1S(=O)(=O)N(C)CC1CC1. The molecule has 0 radical (unpaired) electrons. The predicted octanol–water partition coefficient (Wildman–Crippen LogP) is 0.257. The summed E-state index contributed by atoms with van der Waals surface area (Å²) < 4.78 is 28.0. The fourth-order valence-corrected chi connectivity index (χ4v) is 4.16. The molecule has 5 nitrogen and oxygen atoms in total. The molecule has 100 valence electrons. The van der Waals surface area contributed by atoms with Crippen molar-refractivity contribution in [2.75, 3.05) is 33.7 Å². The number of hydrogen-bond acceptors (Lipinski definition) is 3. The summed E-state index contributed by atoms with van der Waals surface area (Å²) in [5.41, 5.74) is 0. The largest absolute Gasteiger partial charge is 0.318 e. The van der Waals surface area contributed by atoms with E-state index in [2.05, 4.69) is 5.32 Å². The number of nitrogens with zero attached hydrogens (tertiary/aromatic N) is 2. The third kappa shape index (κ3) is 2.99. The Labute approximate surface area is 104 Å². The summed E-state index contributed by atoms with van der Waals surface area (Å²) in [6.07, 6.45) is 4.31. The first-order valence-electron chi connectivity index (χ1n) is 6.43. The Kier molecular flexibility index (Phi) is 4.07. The Balaban J connectivity index is 2.02. The van der Waals surface area contributed by atoms with E-state index >= 15 is 0 Å². The van der Waals surface area contributed by atoms with Crippen molar-refractivity contribution < 1.29 is 8.42 Å². The summed E-state index contributed by atoms with van der Waals surface area (Å²) in [4.78, 5) is 0. The minimum absolute atomic E-state index is 0.131. The van der Waals surface area contributed by atoms with E-state index in [0.29, 0.717) is 19.0 Å². The Morgan fingerprint density at radius 1 is 1.35 bits per heavy atom. The van der Waals surface area contributed by atoms with Crippen molar-refractivity contribution in [1.29, 1.82) is 0 Å². The van der Waals surface area contributed by atoms with Gasteiger partial charge in [0.1, 0.15) is 0 Å². The van der Waals surface area contributed by atoms with Crippen LogP contribution in [0, 0.1) is 5.92 Å². The quantitative estimate of drug-likeness (QED) is 0.746. The molecule has 2 rings (SSSR count). The number of nitrogens with one attached hydrogen (secondary N) is 1. The topological polar surface area (TPSA) is 52.7 Å². The molecule has 17 heavy (non-hydrogen) atoms. The minimum atomic E-state index is -3.24. The summed E-state index contributed by atoms with van der Waals surface area (Å²) in [5, 5.41) is 3.08. The van der Waals surface area contributed by atoms with Gasteiger partial charge in [-0.15, -0.1) is 0 Å². The zero-order chi connectivity index (χ0) is 12.5. The highest BCUT2D eigenvalue weighted by molar-refractivity contribution is 7.86. The van der Waals surface area contributed by atoms with Gasteiger partial charge in [0.25, 0.3) is 10.2 Å². The molecule has 1 aliphatic carbocycles. The van der Waals surface area contributed by atoms with Crippen LogP contribution in [0.1, 0.15) is 25.7 Å². The van der Waals surface area contributed by atoms with Gasteiger partial charge in [-0.25, -0.2) is 0 Å². The monoisotopic (exact) mass is 261 g/mol. The molecule has 0 aromatic heterocycles. The first-order valence-corrected chi connectivity index (χ1v) is 7.83. The van der Waals surface area contributed by atoms with Crippen LogP contribution in [0.2, 0.25) is 0 Å². The molecular weight excluding hydrogens is 238 g/mol. The average molecular weight is 261 g/mol. The second kappa shape index (κ2) is 5.22. The molecule has 1 N–H and O–H groups in total. The van der Waals surface area contributed by atoms with Crippen LogP contribution in [0.25, 0.3) is 0 Å². The smallest absolute Gasteiger partial charge is 0.282 e. The van der Waals surface area contributed by atoms with Crippen molar-refractivity contribution in [3.63, 3.8) is 0 Å². The molecule has 0 aromatic carbocycles. The van der Waals surface area contributed by atoms with Crippen LogP contribution in [0.3, 0.4) is 0 Å². The van der Waals surface area contributed by atoms with Crippen LogP contribution in [0.5, 0.6) is 0 Å². The van der Waals surface area contributed by atoms with Crippen LogP contribution in [0.15, 0.2) is 0 Å². The van der Waals surface area contributed by atoms with E-state index < -0.39 is 10.2 Å². The fourth-order valence-electron chi connectivity index (χ4n) is 2.49. The summed E-state index contributed by atoms with van der Waals surface area (Å²) in [6.45, 7) is 2.10. The zero-order valence-corrected chi connectivity index (χ0v) is 11.5. The molecule has 6 heteroatoms. The van der Waals surface area contributed by atoms with Gasteiger partial charge in [-0.05, 0) is 38.6 Å². The molecule has 2 fully saturated rings. The van der Waals surface area contributed by atoms with Crippen molar-refractivity contribution in [3.8, 4) is 0 Å². The van der Waals surface area contributed by atoms with E-state index in [1.807, 2.05) is 7.05 Å². The van der Waals surface area contributed by atoms with Crippen molar-refractivity contribution in [1.82, 2.24) is 13.9 Å². The Morgan fingerprint density at radius 3 is 2.65 bits per heavy atom. The fraction of sp³-hybridized carbons (Fsp3) is 1.00. The maximum atomic E-state index is 12.4. The summed E-state index contributed by atoms with van der Waals surface area (Å²) in [7, 11) is 0.344. The lowest BCUT2D eigenvalue weighted by Gasteiger charge is -2.28. The number of rotatable bonds is 6. The summed E-state index contributed by atoms with van der Waals surface area (Å²) >= 11 is 0. The van der Waals surface area contributed by atoms with Gasteiger partial charge in [-0.3, -0.25) is 0 Å². The first-order chi connectivity index (χ1) is 8.05. The molecule has 0 spiro atoms. The third-order valence-corrected chi connectivity index (χ3v) is 5.68. The van der Waals surface area contributed by atoms with E-state index in [0.717, 1.165) is 19.4 Å². The molecule has 1 atom stereocenters. The lowest BCUT2D eigenvalue weighted by Crippen LogP contribution is -2.47. The molecule has 1 heterocycles. The standard InChI is InChI=1S/C11H23N3O2S/c1-12-8-11-4-3-7-14(11)17(15,16)13(2)9-10-5-6-10/h10-12H,3-9H2,1-2H3. The van der Waals surface area contributed by atoms with E-state index in [1.54, 1.807) is 15.7 Å². The Bertz CT molecular complexity index is 354. The molecule has 1 unspecified atom stereocenters. The molecule has 1 saturated heterocycles. The van der Waals surface area contributed by atoms with Gasteiger partial charge in [0.05, 0.1) is 0 Å². The van der Waals surface area contributed by atoms with Crippen LogP contribution < -0.4 is 5.32 Å². The number of likely N-dealkylation sites (N-methyl/N-ethyl adjacent to an activating group) is 1. The molecule has 0 amide bonds. The molecule has 2 aliphatic rings. The van der Waals surface area contributed by atoms with Crippen LogP contribution in [-0.4, -0.2) is 56.8 Å². The molecular formula is C11H23N3O2S. The van der Waals surface area contributed by atoms with Gasteiger partial charge in [0.2, 0.25) is 0 Å². The second-order valence-corrected chi connectivity index (χ2v) is 7.18. The summed E-state index contributed by atoms with van der Waals surface area (Å²) in [5.74, 6) is 0.597. The van der Waals surface area contributed by atoms with Crippen LogP contribution in [0.4, 0.5) is 0 Å². The summed E-state index contributed by atoms with van der Waals surface area (Å²) in [6, 6.07) is 0.131. The van der Waals surface area contributed by atoms with E-state index in [4.69, 9.17) is 0 Å². The molecule has 0 aromatic rings. The van der Waals surface area contributed by atoms with Crippen molar-refractivity contribution in [3.05, 3.63) is 0 Å². The van der Waals surface area contributed by atoms with Gasteiger partial charge in [0.15, 0.2) is 0 Å². The first kappa shape index (κ1) is 13.3. The zero-order valence-electron chi connectivity index (χ0n) is 10.7. The highest BCUT2D eigenvalue weighted by Gasteiger charge is 2.38. The second-order valence-electron chi connectivity index (χ2n) is 5.20. The maximum absolute atomic E-state index is 12.4. The molecule has 1 saturated carbocycles.